The summed E-state index contributed by atoms with van der Waals surface area (Å²) in [7, 11) is 0.630. The molecule has 26 heavy (non-hydrogen) atoms. The number of halogens is 2. The van der Waals surface area contributed by atoms with Crippen molar-refractivity contribution in [3.8, 4) is 0 Å². The van der Waals surface area contributed by atoms with Crippen LogP contribution in [0.4, 0.5) is 0 Å². The quantitative estimate of drug-likeness (QED) is 0.279. The number of allylic oxidation sites excluding steroid dienone is 4. The van der Waals surface area contributed by atoms with Crippen molar-refractivity contribution in [3.05, 3.63) is 81.9 Å². The van der Waals surface area contributed by atoms with Crippen molar-refractivity contribution < 1.29 is 26.2 Å². The molecule has 2 aromatic rings. The zero-order valence-corrected chi connectivity index (χ0v) is 22.0. The molecule has 4 rings (SSSR count). The third-order valence-electron chi connectivity index (χ3n) is 5.91. The van der Waals surface area contributed by atoms with E-state index in [0.29, 0.717) is 9.52 Å². The minimum absolute atomic E-state index is 0. The predicted molar refractivity (Wildman–Crippen MR) is 116 cm³/mol. The van der Waals surface area contributed by atoms with Crippen molar-refractivity contribution in [2.45, 2.75) is 35.6 Å². The zero-order chi connectivity index (χ0) is 18.0. The molecule has 0 fully saturated rings. The van der Waals surface area contributed by atoms with Crippen molar-refractivity contribution >= 4 is 52.5 Å². The van der Waals surface area contributed by atoms with Gasteiger partial charge in [0.25, 0.3) is 0 Å². The Hall–Kier alpha value is -0.0200. The monoisotopic (exact) mass is 560 g/mol. The number of alkyl halides is 2. The average molecular weight is 564 g/mol. The summed E-state index contributed by atoms with van der Waals surface area (Å²) >= 11 is 8.39. The average Bonchev–Trinajstić information content (AvgIpc) is 2.93. The molecule has 0 saturated heterocycles. The van der Waals surface area contributed by atoms with E-state index in [-0.39, 0.29) is 34.1 Å². The molecule has 0 N–H and O–H groups in total. The van der Waals surface area contributed by atoms with E-state index in [9.17, 15) is 0 Å². The first-order chi connectivity index (χ1) is 11.8. The van der Waals surface area contributed by atoms with E-state index in [0.717, 1.165) is 0 Å². The van der Waals surface area contributed by atoms with E-state index in [1.54, 1.807) is 0 Å². The second-order valence-electron chi connectivity index (χ2n) is 7.03. The van der Waals surface area contributed by atoms with Crippen molar-refractivity contribution in [2.75, 3.05) is 0 Å². The Bertz CT molecular complexity index is 885. The molecule has 2 aromatic carbocycles. The van der Waals surface area contributed by atoms with Crippen molar-refractivity contribution in [1.29, 1.82) is 0 Å². The van der Waals surface area contributed by atoms with Crippen LogP contribution in [0.3, 0.4) is 0 Å². The fourth-order valence-corrected chi connectivity index (χ4v) is 9.90. The minimum atomic E-state index is -0.115. The molecule has 0 aliphatic heterocycles. The van der Waals surface area contributed by atoms with Crippen LogP contribution >= 0.6 is 31.9 Å². The second kappa shape index (κ2) is 7.10. The van der Waals surface area contributed by atoms with Crippen LogP contribution in [0, 0.1) is 0 Å². The van der Waals surface area contributed by atoms with Gasteiger partial charge in [-0.05, 0) is 61.1 Å². The van der Waals surface area contributed by atoms with E-state index in [1.165, 1.54) is 44.5 Å². The van der Waals surface area contributed by atoms with Gasteiger partial charge in [0.2, 0.25) is 0 Å². The SMILES string of the molecule is CC1=C(C)C(Br)([Si]C2(Br)C(C)=C(C)c3ccccc32)c2ccccc21.[Zr]. The van der Waals surface area contributed by atoms with Crippen molar-refractivity contribution in [1.82, 2.24) is 0 Å². The van der Waals surface area contributed by atoms with Crippen molar-refractivity contribution in [3.63, 3.8) is 0 Å². The third-order valence-corrected chi connectivity index (χ3v) is 11.1. The van der Waals surface area contributed by atoms with Gasteiger partial charge in [-0.1, -0.05) is 91.5 Å². The first-order valence-electron chi connectivity index (χ1n) is 8.53. The van der Waals surface area contributed by atoms with Crippen LogP contribution in [0.25, 0.3) is 11.1 Å². The number of hydrogen-bond donors (Lipinski definition) is 0. The van der Waals surface area contributed by atoms with E-state index in [4.69, 9.17) is 0 Å². The fraction of sp³-hybridized carbons (Fsp3) is 0.273. The van der Waals surface area contributed by atoms with Crippen LogP contribution in [0.2, 0.25) is 0 Å². The molecular weight excluding hydrogens is 543 g/mol. The molecule has 0 heterocycles. The summed E-state index contributed by atoms with van der Waals surface area (Å²) in [5.41, 5.74) is 11.2. The molecule has 2 unspecified atom stereocenters. The first kappa shape index (κ1) is 20.7. The van der Waals surface area contributed by atoms with Gasteiger partial charge >= 0.3 is 0 Å². The number of hydrogen-bond acceptors (Lipinski definition) is 0. The molecular formula is C22H20Br2SiZr. The fourth-order valence-electron chi connectivity index (χ4n) is 4.11. The van der Waals surface area contributed by atoms with Gasteiger partial charge in [-0.25, -0.2) is 0 Å². The smallest absolute Gasteiger partial charge is 0.0795 e. The summed E-state index contributed by atoms with van der Waals surface area (Å²) in [6.45, 7) is 9.05. The van der Waals surface area contributed by atoms with Crippen LogP contribution in [0.1, 0.15) is 49.9 Å². The van der Waals surface area contributed by atoms with Gasteiger partial charge in [0.1, 0.15) is 9.52 Å². The third kappa shape index (κ3) is 2.74. The number of rotatable bonds is 2. The molecule has 0 bridgehead atoms. The zero-order valence-electron chi connectivity index (χ0n) is 15.4. The maximum Gasteiger partial charge on any atom is 0.106 e. The van der Waals surface area contributed by atoms with E-state index in [1.807, 2.05) is 0 Å². The van der Waals surface area contributed by atoms with Crippen LogP contribution in [0.15, 0.2) is 59.7 Å². The van der Waals surface area contributed by atoms with E-state index < -0.39 is 0 Å². The molecule has 4 heteroatoms. The van der Waals surface area contributed by atoms with Gasteiger partial charge in [-0.15, -0.1) is 0 Å². The predicted octanol–water partition coefficient (Wildman–Crippen LogP) is 6.80. The summed E-state index contributed by atoms with van der Waals surface area (Å²) < 4.78 is -0.230. The van der Waals surface area contributed by atoms with Crippen molar-refractivity contribution in [2.24, 2.45) is 0 Å². The molecule has 2 aliphatic rings. The Morgan fingerprint density at radius 3 is 1.38 bits per heavy atom. The summed E-state index contributed by atoms with van der Waals surface area (Å²) in [5, 5.41) is 0. The molecule has 0 spiro atoms. The molecule has 0 saturated carbocycles. The van der Waals surface area contributed by atoms with Crippen LogP contribution in [-0.2, 0) is 34.1 Å². The molecule has 0 nitrogen and oxygen atoms in total. The number of benzene rings is 2. The molecule has 2 aliphatic carbocycles. The van der Waals surface area contributed by atoms with E-state index >= 15 is 0 Å². The minimum Gasteiger partial charge on any atom is -0.0795 e. The Morgan fingerprint density at radius 2 is 1.00 bits per heavy atom. The topological polar surface area (TPSA) is 0 Å². The Kier molecular flexibility index (Phi) is 5.65. The Morgan fingerprint density at radius 1 is 0.654 bits per heavy atom. The van der Waals surface area contributed by atoms with Gasteiger partial charge in [0.15, 0.2) is 0 Å². The molecule has 0 aromatic heterocycles. The van der Waals surface area contributed by atoms with Crippen LogP contribution < -0.4 is 0 Å². The maximum absolute atomic E-state index is 4.20. The molecule has 130 valence electrons. The maximum atomic E-state index is 4.20. The van der Waals surface area contributed by atoms with Gasteiger partial charge in [-0.3, -0.25) is 0 Å². The summed E-state index contributed by atoms with van der Waals surface area (Å²) in [6.07, 6.45) is 0. The Balaban J connectivity index is 0.00000196. The summed E-state index contributed by atoms with van der Waals surface area (Å²) in [4.78, 5) is 0. The van der Waals surface area contributed by atoms with Gasteiger partial charge in [0.05, 0.1) is 7.90 Å². The van der Waals surface area contributed by atoms with E-state index in [2.05, 4.69) is 108 Å². The van der Waals surface area contributed by atoms with Gasteiger partial charge in [0, 0.05) is 26.2 Å². The summed E-state index contributed by atoms with van der Waals surface area (Å²) in [5.74, 6) is 0. The molecule has 2 atom stereocenters. The molecule has 0 amide bonds. The van der Waals surface area contributed by atoms with Gasteiger partial charge < -0.3 is 0 Å². The summed E-state index contributed by atoms with van der Waals surface area (Å²) in [6, 6.07) is 17.6. The standard InChI is InChI=1S/C22H20Br2Si.Zr/c1-13-15(3)21(23,19-11-7-5-9-17(13)19)25-22(24)16(4)14(2)18-10-6-8-12-20(18)22;/h5-12H,1-4H3;. The largest absolute Gasteiger partial charge is 0.106 e. The Labute approximate surface area is 194 Å². The normalized spacial score (nSPS) is 26.7. The first-order valence-corrected chi connectivity index (χ1v) is 11.1. The second-order valence-corrected chi connectivity index (χ2v) is 12.6. The van der Waals surface area contributed by atoms with Crippen LogP contribution in [0.5, 0.6) is 0 Å². The number of fused-ring (bicyclic) bond motifs is 2. The molecule has 2 radical (unpaired) electrons. The van der Waals surface area contributed by atoms with Crippen LogP contribution in [-0.4, -0.2) is 9.52 Å². The van der Waals surface area contributed by atoms with Gasteiger partial charge in [-0.2, -0.15) is 0 Å².